The minimum absolute atomic E-state index is 0.0371. The molecule has 1 aromatic heterocycles. The summed E-state index contributed by atoms with van der Waals surface area (Å²) in [5, 5.41) is 12.3. The van der Waals surface area contributed by atoms with E-state index >= 15 is 0 Å². The smallest absolute Gasteiger partial charge is 0.230 e. The van der Waals surface area contributed by atoms with E-state index in [1.54, 1.807) is 0 Å². The number of carbonyl (C=O) groups is 1. The third-order valence-electron chi connectivity index (χ3n) is 4.31. The van der Waals surface area contributed by atoms with E-state index in [9.17, 15) is 4.79 Å². The maximum Gasteiger partial charge on any atom is 0.230 e. The number of nitrogens with zero attached hydrogens (tertiary/aromatic N) is 3. The van der Waals surface area contributed by atoms with Crippen LogP contribution in [0.4, 0.5) is 0 Å². The van der Waals surface area contributed by atoms with Gasteiger partial charge in [0, 0.05) is 18.7 Å². The van der Waals surface area contributed by atoms with Crippen LogP contribution >= 0.6 is 11.8 Å². The molecule has 0 bridgehead atoms. The van der Waals surface area contributed by atoms with Gasteiger partial charge in [-0.3, -0.25) is 4.79 Å². The molecule has 142 valence electrons. The second-order valence-corrected chi connectivity index (χ2v) is 8.68. The van der Waals surface area contributed by atoms with Crippen LogP contribution in [0.2, 0.25) is 0 Å². The Morgan fingerprint density at radius 2 is 1.88 bits per heavy atom. The van der Waals surface area contributed by atoms with Gasteiger partial charge in [0.25, 0.3) is 0 Å². The molecule has 0 saturated heterocycles. The molecule has 6 heteroatoms. The van der Waals surface area contributed by atoms with Gasteiger partial charge < -0.3 is 9.88 Å². The first-order chi connectivity index (χ1) is 12.2. The molecule has 1 atom stereocenters. The molecule has 26 heavy (non-hydrogen) atoms. The molecule has 1 aromatic carbocycles. The van der Waals surface area contributed by atoms with Gasteiger partial charge in [-0.25, -0.2) is 0 Å². The van der Waals surface area contributed by atoms with Crippen molar-refractivity contribution in [2.24, 2.45) is 7.05 Å². The normalized spacial score (nSPS) is 12.8. The zero-order valence-corrected chi connectivity index (χ0v) is 17.5. The molecule has 0 aliphatic heterocycles. The first-order valence-electron chi connectivity index (χ1n) is 9.14. The van der Waals surface area contributed by atoms with E-state index in [4.69, 9.17) is 0 Å². The van der Waals surface area contributed by atoms with Crippen LogP contribution < -0.4 is 5.32 Å². The lowest BCUT2D eigenvalue weighted by atomic mass is 9.87. The number of carbonyl (C=O) groups excluding carboxylic acids is 1. The highest BCUT2D eigenvalue weighted by Gasteiger charge is 2.16. The summed E-state index contributed by atoms with van der Waals surface area (Å²) in [5.41, 5.74) is 2.44. The number of hydrogen-bond donors (Lipinski definition) is 1. The van der Waals surface area contributed by atoms with Crippen molar-refractivity contribution < 1.29 is 4.79 Å². The molecule has 0 aliphatic rings. The maximum atomic E-state index is 12.0. The van der Waals surface area contributed by atoms with Crippen molar-refractivity contribution in [3.63, 3.8) is 0 Å². The highest BCUT2D eigenvalue weighted by atomic mass is 32.2. The topological polar surface area (TPSA) is 59.8 Å². The highest BCUT2D eigenvalue weighted by Crippen LogP contribution is 2.26. The highest BCUT2D eigenvalue weighted by molar-refractivity contribution is 7.99. The fraction of sp³-hybridized carbons (Fsp3) is 0.550. The van der Waals surface area contributed by atoms with Crippen molar-refractivity contribution in [3.8, 4) is 11.4 Å². The molecule has 1 N–H and O–H groups in total. The van der Waals surface area contributed by atoms with Gasteiger partial charge in [0.1, 0.15) is 0 Å². The Hall–Kier alpha value is -1.82. The molecule has 0 spiro atoms. The summed E-state index contributed by atoms with van der Waals surface area (Å²) in [4.78, 5) is 12.0. The molecule has 2 aromatic rings. The molecule has 0 fully saturated rings. The Balaban J connectivity index is 2.02. The average molecular weight is 375 g/mol. The second kappa shape index (κ2) is 8.71. The van der Waals surface area contributed by atoms with Gasteiger partial charge in [0.2, 0.25) is 5.91 Å². The number of benzene rings is 1. The lowest BCUT2D eigenvalue weighted by Gasteiger charge is -2.19. The van der Waals surface area contributed by atoms with Crippen LogP contribution in [-0.2, 0) is 17.3 Å². The van der Waals surface area contributed by atoms with E-state index in [-0.39, 0.29) is 17.4 Å². The van der Waals surface area contributed by atoms with Crippen LogP contribution in [0.25, 0.3) is 11.4 Å². The predicted octanol–water partition coefficient (Wildman–Crippen LogP) is 4.18. The predicted molar refractivity (Wildman–Crippen MR) is 108 cm³/mol. The summed E-state index contributed by atoms with van der Waals surface area (Å²) in [7, 11) is 1.94. The molecular weight excluding hydrogens is 344 g/mol. The van der Waals surface area contributed by atoms with E-state index in [2.05, 4.69) is 67.5 Å². The van der Waals surface area contributed by atoms with Crippen molar-refractivity contribution in [2.45, 2.75) is 64.1 Å². The average Bonchev–Trinajstić information content (AvgIpc) is 2.93. The summed E-state index contributed by atoms with van der Waals surface area (Å²) in [5.74, 6) is 1.20. The number of amides is 1. The van der Waals surface area contributed by atoms with Crippen molar-refractivity contribution in [2.75, 3.05) is 5.75 Å². The molecule has 1 heterocycles. The Kier molecular flexibility index (Phi) is 6.87. The summed E-state index contributed by atoms with van der Waals surface area (Å²) < 4.78 is 1.94. The fourth-order valence-corrected chi connectivity index (χ4v) is 3.49. The zero-order valence-electron chi connectivity index (χ0n) is 16.7. The van der Waals surface area contributed by atoms with Crippen molar-refractivity contribution in [1.82, 2.24) is 20.1 Å². The number of aromatic nitrogens is 3. The number of hydrogen-bond acceptors (Lipinski definition) is 4. The van der Waals surface area contributed by atoms with Crippen LogP contribution in [0.15, 0.2) is 29.4 Å². The molecule has 5 nitrogen and oxygen atoms in total. The molecular formula is C20H30N4OS. The first kappa shape index (κ1) is 20.5. The van der Waals surface area contributed by atoms with Crippen molar-refractivity contribution >= 4 is 17.7 Å². The monoisotopic (exact) mass is 374 g/mol. The standard InChI is InChI=1S/C20H30N4OS/c1-7-8-14(2)21-17(25)13-26-19-23-22-18(24(19)6)15-9-11-16(12-10-15)20(3,4)5/h9-12,14H,7-8,13H2,1-6H3,(H,21,25)/t14-/m0/s1. The maximum absolute atomic E-state index is 12.0. The van der Waals surface area contributed by atoms with Crippen molar-refractivity contribution in [3.05, 3.63) is 29.8 Å². The van der Waals surface area contributed by atoms with Crippen LogP contribution in [0.5, 0.6) is 0 Å². The van der Waals surface area contributed by atoms with Gasteiger partial charge in [-0.2, -0.15) is 0 Å². The van der Waals surface area contributed by atoms with Gasteiger partial charge in [0.05, 0.1) is 5.75 Å². The number of nitrogens with one attached hydrogen (secondary N) is 1. The Bertz CT molecular complexity index is 731. The summed E-state index contributed by atoms with van der Waals surface area (Å²) in [6, 6.07) is 8.65. The van der Waals surface area contributed by atoms with Crippen LogP contribution in [0.3, 0.4) is 0 Å². The third kappa shape index (κ3) is 5.34. The van der Waals surface area contributed by atoms with E-state index in [0.29, 0.717) is 5.75 Å². The van der Waals surface area contributed by atoms with E-state index in [1.807, 2.05) is 18.5 Å². The van der Waals surface area contributed by atoms with Crippen LogP contribution in [-0.4, -0.2) is 32.5 Å². The summed E-state index contributed by atoms with van der Waals surface area (Å²) >= 11 is 1.42. The van der Waals surface area contributed by atoms with Crippen molar-refractivity contribution in [1.29, 1.82) is 0 Å². The number of rotatable bonds is 7. The minimum atomic E-state index is 0.0371. The van der Waals surface area contributed by atoms with Crippen LogP contribution in [0.1, 0.15) is 53.0 Å². The SMILES string of the molecule is CCC[C@H](C)NC(=O)CSc1nnc(-c2ccc(C(C)(C)C)cc2)n1C. The molecule has 0 saturated carbocycles. The third-order valence-corrected chi connectivity index (χ3v) is 5.33. The van der Waals surface area contributed by atoms with Gasteiger partial charge in [-0.05, 0) is 24.3 Å². The Morgan fingerprint density at radius 1 is 1.23 bits per heavy atom. The first-order valence-corrected chi connectivity index (χ1v) is 10.1. The zero-order chi connectivity index (χ0) is 19.3. The summed E-state index contributed by atoms with van der Waals surface area (Å²) in [6.45, 7) is 10.8. The molecule has 2 rings (SSSR count). The van der Waals surface area contributed by atoms with Gasteiger partial charge in [-0.1, -0.05) is 70.1 Å². The fourth-order valence-electron chi connectivity index (χ4n) is 2.76. The van der Waals surface area contributed by atoms with E-state index in [1.165, 1.54) is 17.3 Å². The Labute approximate surface area is 161 Å². The van der Waals surface area contributed by atoms with Crippen LogP contribution in [0, 0.1) is 0 Å². The van der Waals surface area contributed by atoms with Gasteiger partial charge in [0.15, 0.2) is 11.0 Å². The van der Waals surface area contributed by atoms with E-state index < -0.39 is 0 Å². The Morgan fingerprint density at radius 3 is 2.46 bits per heavy atom. The molecule has 1 amide bonds. The molecule has 0 aliphatic carbocycles. The quantitative estimate of drug-likeness (QED) is 0.739. The summed E-state index contributed by atoms with van der Waals surface area (Å²) in [6.07, 6.45) is 2.06. The lowest BCUT2D eigenvalue weighted by Crippen LogP contribution is -2.33. The molecule has 0 radical (unpaired) electrons. The minimum Gasteiger partial charge on any atom is -0.353 e. The lowest BCUT2D eigenvalue weighted by molar-refractivity contribution is -0.119. The largest absolute Gasteiger partial charge is 0.353 e. The number of thioether (sulfide) groups is 1. The van der Waals surface area contributed by atoms with Gasteiger partial charge >= 0.3 is 0 Å². The second-order valence-electron chi connectivity index (χ2n) is 7.74. The molecule has 0 unspecified atom stereocenters. The van der Waals surface area contributed by atoms with E-state index in [0.717, 1.165) is 29.4 Å². The van der Waals surface area contributed by atoms with Gasteiger partial charge in [-0.15, -0.1) is 10.2 Å².